The summed E-state index contributed by atoms with van der Waals surface area (Å²) in [6.07, 6.45) is 1.65. The van der Waals surface area contributed by atoms with E-state index in [2.05, 4.69) is 25.9 Å². The molecule has 1 aromatic carbocycles. The Bertz CT molecular complexity index is 895. The summed E-state index contributed by atoms with van der Waals surface area (Å²) in [6, 6.07) is 9.34. The summed E-state index contributed by atoms with van der Waals surface area (Å²) >= 11 is 0. The van der Waals surface area contributed by atoms with Crippen LogP contribution in [0.5, 0.6) is 0 Å². The minimum Gasteiger partial charge on any atom is -0.336 e. The molecule has 2 amide bonds. The van der Waals surface area contributed by atoms with Crippen molar-refractivity contribution in [1.29, 1.82) is 0 Å². The second kappa shape index (κ2) is 7.38. The first kappa shape index (κ1) is 17.7. The minimum atomic E-state index is -0.246. The van der Waals surface area contributed by atoms with E-state index in [1.54, 1.807) is 6.33 Å². The van der Waals surface area contributed by atoms with Crippen LogP contribution < -0.4 is 10.6 Å². The quantitative estimate of drug-likeness (QED) is 0.738. The lowest BCUT2D eigenvalue weighted by Crippen LogP contribution is -2.33. The Balaban J connectivity index is 1.55. The van der Waals surface area contributed by atoms with Crippen LogP contribution in [-0.2, 0) is 7.05 Å². The van der Waals surface area contributed by atoms with Gasteiger partial charge in [-0.2, -0.15) is 5.10 Å². The van der Waals surface area contributed by atoms with Crippen LogP contribution in [0.1, 0.15) is 24.4 Å². The van der Waals surface area contributed by atoms with E-state index in [1.807, 2.05) is 67.4 Å². The zero-order chi connectivity index (χ0) is 18.7. The third-order valence-electron chi connectivity index (χ3n) is 4.13. The van der Waals surface area contributed by atoms with Crippen molar-refractivity contribution in [1.82, 2.24) is 29.9 Å². The molecule has 0 saturated heterocycles. The lowest BCUT2D eigenvalue weighted by Gasteiger charge is -2.15. The standard InChI is InChI=1S/C18H23N7O/c1-12-9-13(2)25(23-12)14(3)10-19-18(26)21-16-7-5-15(6-8-16)17-22-20-11-24(17)4/h5-9,11,14H,10H2,1-4H3,(H2,19,21,26)/t14-/m0/s1. The number of urea groups is 1. The first-order valence-corrected chi connectivity index (χ1v) is 8.46. The largest absolute Gasteiger partial charge is 0.336 e. The molecule has 0 aliphatic carbocycles. The molecule has 0 radical (unpaired) electrons. The van der Waals surface area contributed by atoms with Gasteiger partial charge < -0.3 is 15.2 Å². The zero-order valence-corrected chi connectivity index (χ0v) is 15.4. The van der Waals surface area contributed by atoms with Crippen molar-refractivity contribution in [2.45, 2.75) is 26.8 Å². The highest BCUT2D eigenvalue weighted by molar-refractivity contribution is 5.89. The number of nitrogens with one attached hydrogen (secondary N) is 2. The Labute approximate surface area is 152 Å². The predicted octanol–water partition coefficient (Wildman–Crippen LogP) is 2.68. The average molecular weight is 353 g/mol. The molecule has 26 heavy (non-hydrogen) atoms. The lowest BCUT2D eigenvalue weighted by molar-refractivity contribution is 0.250. The molecule has 0 unspecified atom stereocenters. The van der Waals surface area contributed by atoms with Crippen molar-refractivity contribution >= 4 is 11.7 Å². The highest BCUT2D eigenvalue weighted by Gasteiger charge is 2.11. The molecular weight excluding hydrogens is 330 g/mol. The highest BCUT2D eigenvalue weighted by Crippen LogP contribution is 2.18. The maximum Gasteiger partial charge on any atom is 0.319 e. The summed E-state index contributed by atoms with van der Waals surface area (Å²) < 4.78 is 3.76. The van der Waals surface area contributed by atoms with E-state index in [0.717, 1.165) is 22.8 Å². The fraction of sp³-hybridized carbons (Fsp3) is 0.333. The molecule has 2 heterocycles. The maximum atomic E-state index is 12.1. The Morgan fingerprint density at radius 1 is 1.23 bits per heavy atom. The summed E-state index contributed by atoms with van der Waals surface area (Å²) in [4.78, 5) is 12.1. The Morgan fingerprint density at radius 2 is 1.96 bits per heavy atom. The summed E-state index contributed by atoms with van der Waals surface area (Å²) in [7, 11) is 1.89. The van der Waals surface area contributed by atoms with Crippen molar-refractivity contribution in [3.63, 3.8) is 0 Å². The average Bonchev–Trinajstić information content (AvgIpc) is 3.18. The Hall–Kier alpha value is -3.16. The van der Waals surface area contributed by atoms with Crippen molar-refractivity contribution in [3.8, 4) is 11.4 Å². The van der Waals surface area contributed by atoms with E-state index >= 15 is 0 Å². The number of carbonyl (C=O) groups excluding carboxylic acids is 1. The van der Waals surface area contributed by atoms with Crippen molar-refractivity contribution in [3.05, 3.63) is 48.0 Å². The van der Waals surface area contributed by atoms with Crippen LogP contribution in [0.2, 0.25) is 0 Å². The monoisotopic (exact) mass is 353 g/mol. The number of rotatable bonds is 5. The molecule has 0 saturated carbocycles. The van der Waals surface area contributed by atoms with Gasteiger partial charge >= 0.3 is 6.03 Å². The summed E-state index contributed by atoms with van der Waals surface area (Å²) in [5, 5.41) is 18.1. The number of aromatic nitrogens is 5. The van der Waals surface area contributed by atoms with Gasteiger partial charge in [0.05, 0.1) is 11.7 Å². The third-order valence-corrected chi connectivity index (χ3v) is 4.13. The maximum absolute atomic E-state index is 12.1. The highest BCUT2D eigenvalue weighted by atomic mass is 16.2. The number of aryl methyl sites for hydroxylation is 3. The Morgan fingerprint density at radius 3 is 2.54 bits per heavy atom. The number of hydrogen-bond acceptors (Lipinski definition) is 4. The third kappa shape index (κ3) is 3.90. The second-order valence-electron chi connectivity index (χ2n) is 6.40. The molecule has 2 N–H and O–H groups in total. The number of benzene rings is 1. The molecule has 3 aromatic rings. The van der Waals surface area contributed by atoms with Crippen LogP contribution in [0.3, 0.4) is 0 Å². The molecule has 0 fully saturated rings. The number of nitrogens with zero attached hydrogens (tertiary/aromatic N) is 5. The molecule has 8 heteroatoms. The van der Waals surface area contributed by atoms with E-state index in [0.29, 0.717) is 12.2 Å². The molecule has 3 rings (SSSR count). The number of hydrogen-bond donors (Lipinski definition) is 2. The molecule has 2 aromatic heterocycles. The molecule has 136 valence electrons. The zero-order valence-electron chi connectivity index (χ0n) is 15.4. The lowest BCUT2D eigenvalue weighted by atomic mass is 10.2. The van der Waals surface area contributed by atoms with Crippen LogP contribution >= 0.6 is 0 Å². The number of amides is 2. The van der Waals surface area contributed by atoms with Gasteiger partial charge in [0.2, 0.25) is 0 Å². The molecule has 0 spiro atoms. The van der Waals surface area contributed by atoms with Crippen molar-refractivity contribution in [2.24, 2.45) is 7.05 Å². The SMILES string of the molecule is Cc1cc(C)n([C@@H](C)CNC(=O)Nc2ccc(-c3nncn3C)cc2)n1. The number of anilines is 1. The molecule has 0 aliphatic rings. The predicted molar refractivity (Wildman–Crippen MR) is 99.9 cm³/mol. The van der Waals surface area contributed by atoms with Crippen molar-refractivity contribution < 1.29 is 4.79 Å². The summed E-state index contributed by atoms with van der Waals surface area (Å²) in [5.41, 5.74) is 3.71. The molecule has 1 atom stereocenters. The van der Waals surface area contributed by atoms with Gasteiger partial charge in [0.1, 0.15) is 6.33 Å². The minimum absolute atomic E-state index is 0.0766. The first-order chi connectivity index (χ1) is 12.4. The molecule has 8 nitrogen and oxygen atoms in total. The van der Waals surface area contributed by atoms with Crippen LogP contribution in [-0.4, -0.2) is 37.1 Å². The van der Waals surface area contributed by atoms with E-state index in [1.165, 1.54) is 0 Å². The van der Waals surface area contributed by atoms with Gasteiger partial charge in [0.25, 0.3) is 0 Å². The van der Waals surface area contributed by atoms with Crippen molar-refractivity contribution in [2.75, 3.05) is 11.9 Å². The van der Waals surface area contributed by atoms with Gasteiger partial charge in [-0.25, -0.2) is 4.79 Å². The van der Waals surface area contributed by atoms with Crippen LogP contribution in [0.15, 0.2) is 36.7 Å². The van der Waals surface area contributed by atoms with Gasteiger partial charge in [-0.05, 0) is 51.1 Å². The van der Waals surface area contributed by atoms with Gasteiger partial charge in [0.15, 0.2) is 5.82 Å². The second-order valence-corrected chi connectivity index (χ2v) is 6.40. The van der Waals surface area contributed by atoms with Gasteiger partial charge in [0, 0.05) is 30.5 Å². The number of carbonyl (C=O) groups is 1. The van der Waals surface area contributed by atoms with Gasteiger partial charge in [-0.1, -0.05) is 0 Å². The molecule has 0 aliphatic heterocycles. The smallest absolute Gasteiger partial charge is 0.319 e. The van der Waals surface area contributed by atoms with E-state index in [-0.39, 0.29) is 12.1 Å². The van der Waals surface area contributed by atoms with Gasteiger partial charge in [-0.3, -0.25) is 4.68 Å². The van der Waals surface area contributed by atoms with E-state index in [9.17, 15) is 4.79 Å². The fourth-order valence-electron chi connectivity index (χ4n) is 2.84. The molecule has 0 bridgehead atoms. The topological polar surface area (TPSA) is 89.7 Å². The normalized spacial score (nSPS) is 12.0. The summed E-state index contributed by atoms with van der Waals surface area (Å²) in [6.45, 7) is 6.48. The first-order valence-electron chi connectivity index (χ1n) is 8.46. The summed E-state index contributed by atoms with van der Waals surface area (Å²) in [5.74, 6) is 0.778. The fourth-order valence-corrected chi connectivity index (χ4v) is 2.84. The van der Waals surface area contributed by atoms with E-state index in [4.69, 9.17) is 0 Å². The van der Waals surface area contributed by atoms with Crippen LogP contribution in [0, 0.1) is 13.8 Å². The van der Waals surface area contributed by atoms with Gasteiger partial charge in [-0.15, -0.1) is 10.2 Å². The van der Waals surface area contributed by atoms with Crippen LogP contribution in [0.4, 0.5) is 10.5 Å². The Kier molecular flexibility index (Phi) is 5.01. The molecular formula is C18H23N7O. The van der Waals surface area contributed by atoms with E-state index < -0.39 is 0 Å². The van der Waals surface area contributed by atoms with Crippen LogP contribution in [0.25, 0.3) is 11.4 Å².